The maximum Gasteiger partial charge on any atom is 0.153 e. The summed E-state index contributed by atoms with van der Waals surface area (Å²) in [4.78, 5) is 0. The summed E-state index contributed by atoms with van der Waals surface area (Å²) < 4.78 is 27.5. The number of sulfone groups is 1. The van der Waals surface area contributed by atoms with Crippen molar-refractivity contribution in [2.75, 3.05) is 18.1 Å². The SMILES string of the molecule is O=S1(=O)CCNC(c2ccoc2)C1. The predicted molar refractivity (Wildman–Crippen MR) is 48.1 cm³/mol. The third-order valence-corrected chi connectivity index (χ3v) is 3.84. The van der Waals surface area contributed by atoms with E-state index in [0.717, 1.165) is 5.56 Å². The predicted octanol–water partition coefficient (Wildman–Crippen LogP) is 0.339. The highest BCUT2D eigenvalue weighted by atomic mass is 32.2. The van der Waals surface area contributed by atoms with Gasteiger partial charge in [0.1, 0.15) is 0 Å². The maximum absolute atomic E-state index is 11.3. The van der Waals surface area contributed by atoms with Gasteiger partial charge in [0.25, 0.3) is 0 Å². The average Bonchev–Trinajstić information content (AvgIpc) is 2.53. The molecule has 1 unspecified atom stereocenters. The fourth-order valence-electron chi connectivity index (χ4n) is 1.47. The molecule has 2 heterocycles. The highest BCUT2D eigenvalue weighted by molar-refractivity contribution is 7.91. The molecule has 5 heteroatoms. The minimum Gasteiger partial charge on any atom is -0.472 e. The van der Waals surface area contributed by atoms with Gasteiger partial charge in [0.15, 0.2) is 9.84 Å². The van der Waals surface area contributed by atoms with Gasteiger partial charge in [-0.15, -0.1) is 0 Å². The summed E-state index contributed by atoms with van der Waals surface area (Å²) in [5.74, 6) is 0.411. The van der Waals surface area contributed by atoms with Crippen LogP contribution in [0.4, 0.5) is 0 Å². The summed E-state index contributed by atoms with van der Waals surface area (Å²) in [7, 11) is -2.86. The molecule has 1 aromatic heterocycles. The van der Waals surface area contributed by atoms with Gasteiger partial charge in [-0.25, -0.2) is 8.42 Å². The zero-order chi connectivity index (χ0) is 9.31. The van der Waals surface area contributed by atoms with Crippen molar-refractivity contribution in [1.29, 1.82) is 0 Å². The molecule has 0 amide bonds. The second-order valence-corrected chi connectivity index (χ2v) is 5.41. The minimum atomic E-state index is -2.86. The van der Waals surface area contributed by atoms with Crippen LogP contribution in [0.5, 0.6) is 0 Å². The third kappa shape index (κ3) is 1.92. The van der Waals surface area contributed by atoms with Gasteiger partial charge in [-0.1, -0.05) is 0 Å². The van der Waals surface area contributed by atoms with Crippen molar-refractivity contribution >= 4 is 9.84 Å². The molecule has 1 aliphatic heterocycles. The Balaban J connectivity index is 2.18. The van der Waals surface area contributed by atoms with Crippen LogP contribution in [-0.2, 0) is 9.84 Å². The summed E-state index contributed by atoms with van der Waals surface area (Å²) in [5.41, 5.74) is 0.906. The van der Waals surface area contributed by atoms with E-state index in [1.165, 1.54) is 0 Å². The van der Waals surface area contributed by atoms with Crippen LogP contribution in [0.2, 0.25) is 0 Å². The van der Waals surface area contributed by atoms with E-state index < -0.39 is 9.84 Å². The lowest BCUT2D eigenvalue weighted by atomic mass is 10.2. The van der Waals surface area contributed by atoms with Crippen LogP contribution in [0.1, 0.15) is 11.6 Å². The van der Waals surface area contributed by atoms with E-state index in [9.17, 15) is 8.42 Å². The molecule has 1 aliphatic rings. The Morgan fingerprint density at radius 1 is 1.54 bits per heavy atom. The molecule has 13 heavy (non-hydrogen) atoms. The first-order chi connectivity index (χ1) is 6.17. The molecule has 0 spiro atoms. The van der Waals surface area contributed by atoms with E-state index in [0.29, 0.717) is 6.54 Å². The summed E-state index contributed by atoms with van der Waals surface area (Å²) >= 11 is 0. The van der Waals surface area contributed by atoms with E-state index >= 15 is 0 Å². The van der Waals surface area contributed by atoms with Crippen LogP contribution in [0.25, 0.3) is 0 Å². The van der Waals surface area contributed by atoms with Crippen molar-refractivity contribution in [2.45, 2.75) is 6.04 Å². The lowest BCUT2D eigenvalue weighted by Crippen LogP contribution is -2.38. The average molecular weight is 201 g/mol. The fraction of sp³-hybridized carbons (Fsp3) is 0.500. The summed E-state index contributed by atoms with van der Waals surface area (Å²) in [6.45, 7) is 0.526. The molecular formula is C8H11NO3S. The molecule has 2 rings (SSSR count). The number of nitrogens with one attached hydrogen (secondary N) is 1. The van der Waals surface area contributed by atoms with Crippen molar-refractivity contribution in [3.05, 3.63) is 24.2 Å². The smallest absolute Gasteiger partial charge is 0.153 e. The fourth-order valence-corrected chi connectivity index (χ4v) is 2.89. The summed E-state index contributed by atoms with van der Waals surface area (Å²) in [6, 6.07) is 1.69. The molecule has 0 bridgehead atoms. The first kappa shape index (κ1) is 8.77. The molecule has 1 N–H and O–H groups in total. The van der Waals surface area contributed by atoms with Crippen molar-refractivity contribution in [2.24, 2.45) is 0 Å². The molecule has 1 aromatic rings. The summed E-state index contributed by atoms with van der Waals surface area (Å²) in [5, 5.41) is 3.14. The molecule has 1 atom stereocenters. The van der Waals surface area contributed by atoms with Crippen LogP contribution in [0.3, 0.4) is 0 Å². The van der Waals surface area contributed by atoms with Crippen LogP contribution < -0.4 is 5.32 Å². The first-order valence-corrected chi connectivity index (χ1v) is 5.95. The van der Waals surface area contributed by atoms with Crippen molar-refractivity contribution in [3.63, 3.8) is 0 Å². The zero-order valence-corrected chi connectivity index (χ0v) is 7.88. The Labute approximate surface area is 76.9 Å². The number of rotatable bonds is 1. The standard InChI is InChI=1S/C8H11NO3S/c10-13(11)4-2-9-8(6-13)7-1-3-12-5-7/h1,3,5,8-9H,2,4,6H2. The number of hydrogen-bond donors (Lipinski definition) is 1. The van der Waals surface area contributed by atoms with E-state index in [4.69, 9.17) is 4.42 Å². The van der Waals surface area contributed by atoms with Gasteiger partial charge in [-0.3, -0.25) is 0 Å². The van der Waals surface area contributed by atoms with Crippen molar-refractivity contribution < 1.29 is 12.8 Å². The number of hydrogen-bond acceptors (Lipinski definition) is 4. The van der Waals surface area contributed by atoms with Crippen LogP contribution in [0.15, 0.2) is 23.0 Å². The van der Waals surface area contributed by atoms with Gasteiger partial charge in [-0.2, -0.15) is 0 Å². The molecule has 1 saturated heterocycles. The first-order valence-electron chi connectivity index (χ1n) is 4.13. The minimum absolute atomic E-state index is 0.0995. The van der Waals surface area contributed by atoms with E-state index in [2.05, 4.69) is 5.32 Å². The van der Waals surface area contributed by atoms with E-state index in [-0.39, 0.29) is 17.5 Å². The Kier molecular flexibility index (Phi) is 2.13. The Bertz CT molecular complexity index is 368. The van der Waals surface area contributed by atoms with Gasteiger partial charge in [0, 0.05) is 18.2 Å². The van der Waals surface area contributed by atoms with Crippen LogP contribution in [0, 0.1) is 0 Å². The highest BCUT2D eigenvalue weighted by Gasteiger charge is 2.25. The van der Waals surface area contributed by atoms with Crippen LogP contribution >= 0.6 is 0 Å². The molecule has 4 nitrogen and oxygen atoms in total. The summed E-state index contributed by atoms with van der Waals surface area (Å²) in [6.07, 6.45) is 3.14. The van der Waals surface area contributed by atoms with Crippen LogP contribution in [-0.4, -0.2) is 26.5 Å². The van der Waals surface area contributed by atoms with E-state index in [1.54, 1.807) is 18.6 Å². The van der Waals surface area contributed by atoms with Gasteiger partial charge >= 0.3 is 0 Å². The van der Waals surface area contributed by atoms with Gasteiger partial charge in [0.05, 0.1) is 24.0 Å². The normalized spacial score (nSPS) is 27.2. The van der Waals surface area contributed by atoms with Gasteiger partial charge in [-0.05, 0) is 6.07 Å². The largest absolute Gasteiger partial charge is 0.472 e. The van der Waals surface area contributed by atoms with E-state index in [1.807, 2.05) is 0 Å². The lowest BCUT2D eigenvalue weighted by Gasteiger charge is -2.22. The Hall–Kier alpha value is -0.810. The molecule has 0 aliphatic carbocycles. The molecule has 0 saturated carbocycles. The molecular weight excluding hydrogens is 190 g/mol. The third-order valence-electron chi connectivity index (χ3n) is 2.17. The molecule has 72 valence electrons. The quantitative estimate of drug-likeness (QED) is 0.711. The lowest BCUT2D eigenvalue weighted by molar-refractivity contribution is 0.519. The Morgan fingerprint density at radius 3 is 3.00 bits per heavy atom. The van der Waals surface area contributed by atoms with Gasteiger partial charge < -0.3 is 9.73 Å². The second-order valence-electron chi connectivity index (χ2n) is 3.18. The van der Waals surface area contributed by atoms with Crippen molar-refractivity contribution in [1.82, 2.24) is 5.32 Å². The molecule has 0 radical (unpaired) electrons. The van der Waals surface area contributed by atoms with Crippen molar-refractivity contribution in [3.8, 4) is 0 Å². The number of furan rings is 1. The second kappa shape index (κ2) is 3.16. The molecule has 1 fully saturated rings. The topological polar surface area (TPSA) is 59.3 Å². The molecule has 0 aromatic carbocycles. The maximum atomic E-state index is 11.3. The highest BCUT2D eigenvalue weighted by Crippen LogP contribution is 2.18. The Morgan fingerprint density at radius 2 is 2.38 bits per heavy atom. The zero-order valence-electron chi connectivity index (χ0n) is 7.06. The monoisotopic (exact) mass is 201 g/mol. The van der Waals surface area contributed by atoms with Gasteiger partial charge in [0.2, 0.25) is 0 Å².